The second-order valence-corrected chi connectivity index (χ2v) is 3.02. The average molecular weight is 177 g/mol. The van der Waals surface area contributed by atoms with Crippen molar-refractivity contribution in [3.8, 4) is 5.88 Å². The first-order valence-corrected chi connectivity index (χ1v) is 4.33. The molecular formula is C11H15NO. The van der Waals surface area contributed by atoms with E-state index in [4.69, 9.17) is 4.74 Å². The van der Waals surface area contributed by atoms with Gasteiger partial charge in [-0.2, -0.15) is 0 Å². The maximum atomic E-state index is 5.08. The van der Waals surface area contributed by atoms with Crippen LogP contribution in [0.15, 0.2) is 18.3 Å². The molecule has 0 saturated heterocycles. The highest BCUT2D eigenvalue weighted by molar-refractivity contribution is 5.63. The van der Waals surface area contributed by atoms with Gasteiger partial charge in [-0.1, -0.05) is 6.08 Å². The summed E-state index contributed by atoms with van der Waals surface area (Å²) in [6.45, 7) is 6.09. The number of pyridine rings is 1. The molecule has 1 aromatic rings. The van der Waals surface area contributed by atoms with E-state index in [0.29, 0.717) is 5.88 Å². The molecule has 0 aliphatic heterocycles. The fraction of sp³-hybridized carbons (Fsp3) is 0.364. The molecule has 1 aromatic heterocycles. The van der Waals surface area contributed by atoms with Crippen molar-refractivity contribution in [1.29, 1.82) is 0 Å². The summed E-state index contributed by atoms with van der Waals surface area (Å²) in [6, 6.07) is 2.08. The van der Waals surface area contributed by atoms with Gasteiger partial charge < -0.3 is 4.74 Å². The molecule has 70 valence electrons. The number of nitrogens with zero attached hydrogens (tertiary/aromatic N) is 1. The molecule has 1 rings (SSSR count). The highest BCUT2D eigenvalue weighted by Crippen LogP contribution is 2.19. The molecule has 0 spiro atoms. The Balaban J connectivity index is 3.10. The van der Waals surface area contributed by atoms with E-state index in [1.807, 2.05) is 20.0 Å². The Bertz CT molecular complexity index is 329. The van der Waals surface area contributed by atoms with E-state index in [1.165, 1.54) is 5.57 Å². The third kappa shape index (κ3) is 2.08. The topological polar surface area (TPSA) is 22.1 Å². The zero-order chi connectivity index (χ0) is 9.84. The van der Waals surface area contributed by atoms with Gasteiger partial charge in [0.05, 0.1) is 7.11 Å². The van der Waals surface area contributed by atoms with Crippen LogP contribution in [0, 0.1) is 6.92 Å². The van der Waals surface area contributed by atoms with Gasteiger partial charge in [0.2, 0.25) is 5.88 Å². The highest BCUT2D eigenvalue weighted by Gasteiger charge is 2.01. The zero-order valence-corrected chi connectivity index (χ0v) is 8.59. The zero-order valence-electron chi connectivity index (χ0n) is 8.59. The van der Waals surface area contributed by atoms with E-state index in [1.54, 1.807) is 7.11 Å². The predicted molar refractivity (Wildman–Crippen MR) is 54.9 cm³/mol. The predicted octanol–water partition coefficient (Wildman–Crippen LogP) is 2.82. The molecule has 0 saturated carbocycles. The highest BCUT2D eigenvalue weighted by atomic mass is 16.5. The Morgan fingerprint density at radius 3 is 2.69 bits per heavy atom. The molecule has 13 heavy (non-hydrogen) atoms. The molecule has 2 heteroatoms. The number of hydrogen-bond donors (Lipinski definition) is 0. The molecule has 0 bridgehead atoms. The third-order valence-corrected chi connectivity index (χ3v) is 2.11. The van der Waals surface area contributed by atoms with Gasteiger partial charge >= 0.3 is 0 Å². The number of methoxy groups -OCH3 is 1. The number of allylic oxidation sites excluding steroid dienone is 2. The van der Waals surface area contributed by atoms with E-state index in [9.17, 15) is 0 Å². The van der Waals surface area contributed by atoms with Crippen molar-refractivity contribution in [3.05, 3.63) is 29.5 Å². The molecule has 0 aliphatic carbocycles. The molecule has 0 amide bonds. The molecular weight excluding hydrogens is 162 g/mol. The van der Waals surface area contributed by atoms with Crippen LogP contribution < -0.4 is 4.74 Å². The molecule has 0 aliphatic rings. The van der Waals surface area contributed by atoms with Crippen molar-refractivity contribution in [2.45, 2.75) is 20.8 Å². The molecule has 0 atom stereocenters. The Labute approximate surface area is 79.3 Å². The first-order chi connectivity index (χ1) is 6.19. The Kier molecular flexibility index (Phi) is 3.07. The lowest BCUT2D eigenvalue weighted by atomic mass is 10.1. The molecule has 0 unspecified atom stereocenters. The Hall–Kier alpha value is -1.31. The lowest BCUT2D eigenvalue weighted by molar-refractivity contribution is 0.394. The minimum absolute atomic E-state index is 0.702. The van der Waals surface area contributed by atoms with Crippen LogP contribution in [0.4, 0.5) is 0 Å². The van der Waals surface area contributed by atoms with Gasteiger partial charge in [-0.3, -0.25) is 0 Å². The number of aryl methyl sites for hydroxylation is 1. The van der Waals surface area contributed by atoms with Crippen LogP contribution in [-0.2, 0) is 0 Å². The van der Waals surface area contributed by atoms with Crippen molar-refractivity contribution in [3.63, 3.8) is 0 Å². The molecule has 0 fully saturated rings. The number of aromatic nitrogens is 1. The van der Waals surface area contributed by atoms with Gasteiger partial charge in [0.1, 0.15) is 0 Å². The second-order valence-electron chi connectivity index (χ2n) is 3.02. The van der Waals surface area contributed by atoms with Gasteiger partial charge in [-0.05, 0) is 38.0 Å². The van der Waals surface area contributed by atoms with Crippen LogP contribution in [0.2, 0.25) is 0 Å². The standard InChI is InChI=1S/C11H15NO/c1-5-8(2)10-6-9(3)11(13-4)12-7-10/h5-7H,1-4H3. The van der Waals surface area contributed by atoms with Crippen LogP contribution in [0.1, 0.15) is 25.0 Å². The monoisotopic (exact) mass is 177 g/mol. The summed E-state index contributed by atoms with van der Waals surface area (Å²) >= 11 is 0. The average Bonchev–Trinajstić information content (AvgIpc) is 2.16. The maximum absolute atomic E-state index is 5.08. The van der Waals surface area contributed by atoms with Crippen molar-refractivity contribution in [2.24, 2.45) is 0 Å². The van der Waals surface area contributed by atoms with E-state index in [-0.39, 0.29) is 0 Å². The molecule has 0 radical (unpaired) electrons. The minimum Gasteiger partial charge on any atom is -0.481 e. The lowest BCUT2D eigenvalue weighted by Crippen LogP contribution is -1.92. The number of hydrogen-bond acceptors (Lipinski definition) is 2. The van der Waals surface area contributed by atoms with E-state index >= 15 is 0 Å². The Morgan fingerprint density at radius 1 is 1.54 bits per heavy atom. The van der Waals surface area contributed by atoms with Gasteiger partial charge in [-0.25, -0.2) is 4.98 Å². The van der Waals surface area contributed by atoms with Gasteiger partial charge in [0, 0.05) is 11.8 Å². The smallest absolute Gasteiger partial charge is 0.215 e. The number of rotatable bonds is 2. The van der Waals surface area contributed by atoms with E-state index in [0.717, 1.165) is 11.1 Å². The Morgan fingerprint density at radius 2 is 2.23 bits per heavy atom. The molecule has 2 nitrogen and oxygen atoms in total. The van der Waals surface area contributed by atoms with Crippen LogP contribution in [0.5, 0.6) is 5.88 Å². The fourth-order valence-electron chi connectivity index (χ4n) is 1.16. The summed E-state index contributed by atoms with van der Waals surface area (Å²) in [6.07, 6.45) is 3.91. The first-order valence-electron chi connectivity index (χ1n) is 4.33. The lowest BCUT2D eigenvalue weighted by Gasteiger charge is -2.05. The maximum Gasteiger partial charge on any atom is 0.215 e. The van der Waals surface area contributed by atoms with Crippen LogP contribution in [-0.4, -0.2) is 12.1 Å². The summed E-state index contributed by atoms with van der Waals surface area (Å²) in [5.74, 6) is 0.702. The van der Waals surface area contributed by atoms with Crippen molar-refractivity contribution < 1.29 is 4.74 Å². The summed E-state index contributed by atoms with van der Waals surface area (Å²) in [4.78, 5) is 4.20. The SMILES string of the molecule is CC=C(C)c1cnc(OC)c(C)c1. The summed E-state index contributed by atoms with van der Waals surface area (Å²) in [5, 5.41) is 0. The molecule has 0 N–H and O–H groups in total. The normalized spacial score (nSPS) is 11.5. The van der Waals surface area contributed by atoms with Crippen LogP contribution in [0.3, 0.4) is 0 Å². The summed E-state index contributed by atoms with van der Waals surface area (Å²) < 4.78 is 5.08. The fourth-order valence-corrected chi connectivity index (χ4v) is 1.16. The van der Waals surface area contributed by atoms with Crippen LogP contribution >= 0.6 is 0 Å². The second kappa shape index (κ2) is 4.08. The summed E-state index contributed by atoms with van der Waals surface area (Å²) in [5.41, 5.74) is 3.46. The first kappa shape index (κ1) is 9.78. The van der Waals surface area contributed by atoms with Crippen molar-refractivity contribution in [1.82, 2.24) is 4.98 Å². The van der Waals surface area contributed by atoms with E-state index in [2.05, 4.69) is 24.1 Å². The minimum atomic E-state index is 0.702. The van der Waals surface area contributed by atoms with Gasteiger partial charge in [0.25, 0.3) is 0 Å². The molecule has 1 heterocycles. The van der Waals surface area contributed by atoms with Crippen LogP contribution in [0.25, 0.3) is 5.57 Å². The third-order valence-electron chi connectivity index (χ3n) is 2.11. The quantitative estimate of drug-likeness (QED) is 0.693. The molecule has 0 aromatic carbocycles. The van der Waals surface area contributed by atoms with Crippen molar-refractivity contribution >= 4 is 5.57 Å². The van der Waals surface area contributed by atoms with Crippen molar-refractivity contribution in [2.75, 3.05) is 7.11 Å². The summed E-state index contributed by atoms with van der Waals surface area (Å²) in [7, 11) is 1.64. The largest absolute Gasteiger partial charge is 0.481 e. The van der Waals surface area contributed by atoms with E-state index < -0.39 is 0 Å². The number of ether oxygens (including phenoxy) is 1. The van der Waals surface area contributed by atoms with Gasteiger partial charge in [-0.15, -0.1) is 0 Å². The van der Waals surface area contributed by atoms with Gasteiger partial charge in [0.15, 0.2) is 0 Å².